The Morgan fingerprint density at radius 3 is 2.40 bits per heavy atom. The topological polar surface area (TPSA) is 152 Å². The minimum atomic E-state index is -2.06. The van der Waals surface area contributed by atoms with Gasteiger partial charge in [0.1, 0.15) is 11.7 Å². The van der Waals surface area contributed by atoms with Crippen molar-refractivity contribution in [3.8, 4) is 0 Å². The Bertz CT molecular complexity index is 883. The molecule has 0 bridgehead atoms. The van der Waals surface area contributed by atoms with Crippen molar-refractivity contribution in [2.45, 2.75) is 82.3 Å². The Morgan fingerprint density at radius 2 is 1.77 bits per heavy atom. The number of rotatable bonds is 0. The van der Waals surface area contributed by atoms with Crippen molar-refractivity contribution in [1.82, 2.24) is 0 Å². The summed E-state index contributed by atoms with van der Waals surface area (Å²) >= 11 is 0. The van der Waals surface area contributed by atoms with Crippen molar-refractivity contribution in [2.24, 2.45) is 28.1 Å². The molecule has 6 rings (SSSR count). The average Bonchev–Trinajstić information content (AvgIpc) is 3.32. The van der Waals surface area contributed by atoms with E-state index in [2.05, 4.69) is 0 Å². The van der Waals surface area contributed by atoms with Crippen LogP contribution in [0.4, 0.5) is 0 Å². The highest BCUT2D eigenvalue weighted by molar-refractivity contribution is 5.91. The van der Waals surface area contributed by atoms with E-state index in [-0.39, 0.29) is 6.42 Å². The first-order valence-electron chi connectivity index (χ1n) is 10.3. The number of ether oxygens (including phenoxy) is 4. The standard InChI is InChI=1S/C20H26O10/c1-6-12(23)27-7-5-17-11-8(21)9(16(2,3)4)18(17)10(22)13(24)29-15(18)30-20(17,14(25)28-11)19(6,7)26/h6-12,15,21-23,26H,5H2,1-4H3/t6-,7?,8-,9+,10+,11?,12?,15+,17?,18?,19-,20-/m1/s1. The molecule has 5 unspecified atom stereocenters. The van der Waals surface area contributed by atoms with Gasteiger partial charge in [-0.15, -0.1) is 0 Å². The molecule has 2 saturated carbocycles. The molecular formula is C20H26O10. The third-order valence-electron chi connectivity index (χ3n) is 9.07. The molecule has 0 radical (unpaired) electrons. The zero-order valence-electron chi connectivity index (χ0n) is 17.1. The third kappa shape index (κ3) is 1.41. The number of fused-ring (bicyclic) bond motifs is 1. The molecule has 4 aliphatic heterocycles. The maximum Gasteiger partial charge on any atom is 0.342 e. The van der Waals surface area contributed by atoms with Crippen molar-refractivity contribution >= 4 is 11.9 Å². The zero-order valence-corrected chi connectivity index (χ0v) is 17.1. The predicted molar refractivity (Wildman–Crippen MR) is 93.0 cm³/mol. The second-order valence-corrected chi connectivity index (χ2v) is 10.9. The van der Waals surface area contributed by atoms with Crippen LogP contribution in [0.2, 0.25) is 0 Å². The number of aliphatic hydroxyl groups is 4. The van der Waals surface area contributed by atoms with Crippen molar-refractivity contribution < 1.29 is 49.0 Å². The molecule has 4 saturated heterocycles. The maximum atomic E-state index is 13.4. The van der Waals surface area contributed by atoms with Crippen molar-refractivity contribution in [1.29, 1.82) is 0 Å². The van der Waals surface area contributed by atoms with Gasteiger partial charge in [-0.05, 0) is 11.8 Å². The van der Waals surface area contributed by atoms with Crippen LogP contribution in [0.15, 0.2) is 0 Å². The first-order valence-corrected chi connectivity index (χ1v) is 10.3. The van der Waals surface area contributed by atoms with E-state index < -0.39 is 88.2 Å². The van der Waals surface area contributed by atoms with E-state index in [4.69, 9.17) is 18.9 Å². The highest BCUT2D eigenvalue weighted by atomic mass is 16.8. The van der Waals surface area contributed by atoms with Crippen LogP contribution in [0.5, 0.6) is 0 Å². The first kappa shape index (κ1) is 19.4. The highest BCUT2D eigenvalue weighted by Crippen LogP contribution is 2.84. The van der Waals surface area contributed by atoms with Gasteiger partial charge in [0, 0.05) is 11.8 Å². The van der Waals surface area contributed by atoms with Gasteiger partial charge in [-0.1, -0.05) is 27.7 Å². The highest BCUT2D eigenvalue weighted by Gasteiger charge is 3.02. The Kier molecular flexibility index (Phi) is 3.15. The smallest absolute Gasteiger partial charge is 0.342 e. The summed E-state index contributed by atoms with van der Waals surface area (Å²) in [5, 5.41) is 44.8. The SMILES string of the molecule is C[C@@H]1C(O)OC2CC34C5OC(=O)[C@]3(O[C@@H]3OC(=O)[C@H](O)C34[C@H](C(C)(C)C)[C@H]5O)[C@]21O. The van der Waals surface area contributed by atoms with Crippen LogP contribution in [0.25, 0.3) is 0 Å². The predicted octanol–water partition coefficient (Wildman–Crippen LogP) is -1.58. The van der Waals surface area contributed by atoms with Gasteiger partial charge in [-0.3, -0.25) is 0 Å². The van der Waals surface area contributed by atoms with Crippen LogP contribution in [-0.2, 0) is 28.5 Å². The number of carbonyl (C=O) groups is 2. The summed E-state index contributed by atoms with van der Waals surface area (Å²) in [7, 11) is 0. The fraction of sp³-hybridized carbons (Fsp3) is 0.900. The second kappa shape index (κ2) is 4.87. The molecule has 4 N–H and O–H groups in total. The van der Waals surface area contributed by atoms with Gasteiger partial charge >= 0.3 is 11.9 Å². The number of hydrogen-bond acceptors (Lipinski definition) is 10. The molecule has 4 heterocycles. The maximum absolute atomic E-state index is 13.4. The van der Waals surface area contributed by atoms with Crippen LogP contribution in [0.3, 0.4) is 0 Å². The number of carbonyl (C=O) groups excluding carboxylic acids is 2. The molecule has 166 valence electrons. The van der Waals surface area contributed by atoms with E-state index in [0.29, 0.717) is 0 Å². The summed E-state index contributed by atoms with van der Waals surface area (Å²) in [6.45, 7) is 7.11. The van der Waals surface area contributed by atoms with Gasteiger partial charge in [0.25, 0.3) is 0 Å². The molecule has 6 fully saturated rings. The molecule has 2 aliphatic carbocycles. The fourth-order valence-corrected chi connectivity index (χ4v) is 8.35. The monoisotopic (exact) mass is 426 g/mol. The molecule has 0 aromatic carbocycles. The Labute approximate surface area is 172 Å². The normalized spacial score (nSPS) is 62.8. The lowest BCUT2D eigenvalue weighted by atomic mass is 9.51. The van der Waals surface area contributed by atoms with Gasteiger partial charge in [-0.25, -0.2) is 9.59 Å². The van der Waals surface area contributed by atoms with E-state index in [1.165, 1.54) is 6.92 Å². The molecule has 2 spiro atoms. The quantitative estimate of drug-likeness (QED) is 0.334. The summed E-state index contributed by atoms with van der Waals surface area (Å²) in [6, 6.07) is 0. The Balaban J connectivity index is 1.70. The van der Waals surface area contributed by atoms with Gasteiger partial charge in [0.2, 0.25) is 11.9 Å². The lowest BCUT2D eigenvalue weighted by Gasteiger charge is -2.46. The second-order valence-electron chi connectivity index (χ2n) is 10.9. The van der Waals surface area contributed by atoms with E-state index in [1.807, 2.05) is 20.8 Å². The minimum absolute atomic E-state index is 0.0465. The van der Waals surface area contributed by atoms with Crippen LogP contribution in [0, 0.1) is 28.1 Å². The summed E-state index contributed by atoms with van der Waals surface area (Å²) in [4.78, 5) is 25.9. The molecule has 6 aliphatic rings. The Hall–Kier alpha value is -1.30. The summed E-state index contributed by atoms with van der Waals surface area (Å²) < 4.78 is 22.9. The largest absolute Gasteiger partial charge is 0.457 e. The van der Waals surface area contributed by atoms with Gasteiger partial charge < -0.3 is 39.4 Å². The molecular weight excluding hydrogens is 400 g/mol. The van der Waals surface area contributed by atoms with Gasteiger partial charge in [0.15, 0.2) is 12.4 Å². The molecule has 12 atom stereocenters. The molecule has 0 aromatic heterocycles. The number of esters is 2. The molecule has 30 heavy (non-hydrogen) atoms. The molecule has 0 amide bonds. The Morgan fingerprint density at radius 1 is 1.10 bits per heavy atom. The lowest BCUT2D eigenvalue weighted by Crippen LogP contribution is -2.66. The molecule has 10 heteroatoms. The number of hydrogen-bond donors (Lipinski definition) is 4. The van der Waals surface area contributed by atoms with Crippen LogP contribution in [-0.4, -0.2) is 80.6 Å². The third-order valence-corrected chi connectivity index (χ3v) is 9.07. The summed E-state index contributed by atoms with van der Waals surface area (Å²) in [5.74, 6) is -3.48. The van der Waals surface area contributed by atoms with Gasteiger partial charge in [-0.2, -0.15) is 0 Å². The minimum Gasteiger partial charge on any atom is -0.457 e. The number of aliphatic hydroxyl groups excluding tert-OH is 3. The zero-order chi connectivity index (χ0) is 21.8. The van der Waals surface area contributed by atoms with E-state index >= 15 is 0 Å². The van der Waals surface area contributed by atoms with Gasteiger partial charge in [0.05, 0.1) is 23.0 Å². The van der Waals surface area contributed by atoms with Crippen LogP contribution in [0.1, 0.15) is 34.1 Å². The molecule has 0 aromatic rings. The van der Waals surface area contributed by atoms with Crippen molar-refractivity contribution in [3.05, 3.63) is 0 Å². The summed E-state index contributed by atoms with van der Waals surface area (Å²) in [6.07, 6.45) is -7.80. The average molecular weight is 426 g/mol. The van der Waals surface area contributed by atoms with Crippen molar-refractivity contribution in [2.75, 3.05) is 0 Å². The van der Waals surface area contributed by atoms with E-state index in [1.54, 1.807) is 0 Å². The molecule has 10 nitrogen and oxygen atoms in total. The van der Waals surface area contributed by atoms with E-state index in [9.17, 15) is 30.0 Å². The van der Waals surface area contributed by atoms with Crippen molar-refractivity contribution in [3.63, 3.8) is 0 Å². The summed E-state index contributed by atoms with van der Waals surface area (Å²) in [5.41, 5.74) is -7.71. The van der Waals surface area contributed by atoms with Crippen LogP contribution < -0.4 is 0 Å². The van der Waals surface area contributed by atoms with Crippen LogP contribution >= 0.6 is 0 Å². The van der Waals surface area contributed by atoms with E-state index in [0.717, 1.165) is 0 Å². The first-order chi connectivity index (χ1) is 13.8. The lowest BCUT2D eigenvalue weighted by molar-refractivity contribution is -0.239. The fourth-order valence-electron chi connectivity index (χ4n) is 8.35.